The van der Waals surface area contributed by atoms with Gasteiger partial charge in [-0.2, -0.15) is 0 Å². The van der Waals surface area contributed by atoms with Crippen LogP contribution < -0.4 is 5.73 Å². The summed E-state index contributed by atoms with van der Waals surface area (Å²) in [5, 5.41) is 8.62. The first-order valence-corrected chi connectivity index (χ1v) is 7.88. The maximum atomic E-state index is 10.3. The number of halogens is 2. The molecule has 24 heavy (non-hydrogen) atoms. The lowest BCUT2D eigenvalue weighted by molar-refractivity contribution is -0.174. The zero-order valence-electron chi connectivity index (χ0n) is 15.3. The molecule has 0 aliphatic carbocycles. The van der Waals surface area contributed by atoms with Gasteiger partial charge in [0.25, 0.3) is 6.29 Å². The van der Waals surface area contributed by atoms with Crippen molar-refractivity contribution in [3.8, 4) is 0 Å². The molecule has 0 saturated carbocycles. The lowest BCUT2D eigenvalue weighted by Crippen LogP contribution is -2.23. The third-order valence-electron chi connectivity index (χ3n) is 1.31. The first-order valence-electron chi connectivity index (χ1n) is 6.81. The number of aliphatic hydroxyl groups is 1. The van der Waals surface area contributed by atoms with E-state index < -0.39 is 18.2 Å². The number of alkyl halides is 2. The van der Waals surface area contributed by atoms with Gasteiger partial charge in [0.1, 0.15) is 6.21 Å². The molecule has 0 fully saturated rings. The SMILES string of the molecule is CC(C)N.COC(=O)C(O)OC.COC(=O)C=NC(C)C.ClCCl. The van der Waals surface area contributed by atoms with E-state index in [2.05, 4.69) is 19.2 Å². The monoisotopic (exact) mass is 392 g/mol. The van der Waals surface area contributed by atoms with Crippen LogP contribution in [0.3, 0.4) is 0 Å². The van der Waals surface area contributed by atoms with Gasteiger partial charge in [0.05, 0.1) is 19.6 Å². The Bertz CT molecular complexity index is 313. The molecular weight excluding hydrogens is 363 g/mol. The van der Waals surface area contributed by atoms with Crippen LogP contribution in [0.15, 0.2) is 4.99 Å². The van der Waals surface area contributed by atoms with Gasteiger partial charge in [-0.1, -0.05) is 13.8 Å². The topological polar surface area (TPSA) is 120 Å². The van der Waals surface area contributed by atoms with E-state index >= 15 is 0 Å². The standard InChI is InChI=1S/C6H11NO2.C4H8O4.C3H9N.CH2Cl2/c1-5(2)7-4-6(8)9-3;1-7-3(5)4(6)8-2;1-3(2)4;2-1-3/h4-5H,1-3H3;3,5H,1-2H3;3H,4H2,1-2H3;1H2. The highest BCUT2D eigenvalue weighted by molar-refractivity contribution is 6.40. The van der Waals surface area contributed by atoms with Gasteiger partial charge in [0, 0.05) is 13.2 Å². The zero-order valence-corrected chi connectivity index (χ0v) is 16.8. The van der Waals surface area contributed by atoms with Crippen molar-refractivity contribution in [2.45, 2.75) is 46.1 Å². The maximum absolute atomic E-state index is 10.3. The number of nitrogens with zero attached hydrogens (tertiary/aromatic N) is 1. The van der Waals surface area contributed by atoms with Crippen molar-refractivity contribution < 1.29 is 28.9 Å². The Morgan fingerprint density at radius 3 is 1.67 bits per heavy atom. The highest BCUT2D eigenvalue weighted by Crippen LogP contribution is 1.84. The van der Waals surface area contributed by atoms with Crippen LogP contribution >= 0.6 is 23.2 Å². The molecule has 0 aromatic carbocycles. The van der Waals surface area contributed by atoms with Gasteiger partial charge in [-0.05, 0) is 19.9 Å². The van der Waals surface area contributed by atoms with Gasteiger partial charge in [-0.25, -0.2) is 9.59 Å². The number of aliphatic imine (C=N–C) groups is 1. The Morgan fingerprint density at radius 2 is 1.50 bits per heavy atom. The summed E-state index contributed by atoms with van der Waals surface area (Å²) < 4.78 is 12.6. The Morgan fingerprint density at radius 1 is 1.12 bits per heavy atom. The van der Waals surface area contributed by atoms with Crippen molar-refractivity contribution in [2.24, 2.45) is 10.7 Å². The van der Waals surface area contributed by atoms with Gasteiger partial charge in [-0.15, -0.1) is 23.2 Å². The van der Waals surface area contributed by atoms with Crippen LogP contribution in [0.4, 0.5) is 0 Å². The van der Waals surface area contributed by atoms with Crippen molar-refractivity contribution in [1.82, 2.24) is 0 Å². The lowest BCUT2D eigenvalue weighted by Gasteiger charge is -2.02. The van der Waals surface area contributed by atoms with Crippen molar-refractivity contribution in [3.63, 3.8) is 0 Å². The maximum Gasteiger partial charge on any atom is 0.362 e. The van der Waals surface area contributed by atoms with E-state index in [-0.39, 0.29) is 11.4 Å². The first kappa shape index (κ1) is 30.9. The van der Waals surface area contributed by atoms with Crippen molar-refractivity contribution in [1.29, 1.82) is 0 Å². The molecule has 1 atom stereocenters. The molecule has 1 unspecified atom stereocenters. The number of hydrogen-bond donors (Lipinski definition) is 2. The summed E-state index contributed by atoms with van der Waals surface area (Å²) in [4.78, 5) is 24.3. The van der Waals surface area contributed by atoms with Crippen LogP contribution in [0.2, 0.25) is 0 Å². The summed E-state index contributed by atoms with van der Waals surface area (Å²) in [5.74, 6) is -1.18. The minimum absolute atomic E-state index is 0.157. The van der Waals surface area contributed by atoms with Crippen molar-refractivity contribution in [2.75, 3.05) is 26.7 Å². The minimum Gasteiger partial charge on any atom is -0.465 e. The third-order valence-corrected chi connectivity index (χ3v) is 1.31. The van der Waals surface area contributed by atoms with Crippen LogP contribution in [0.1, 0.15) is 27.7 Å². The van der Waals surface area contributed by atoms with E-state index in [1.807, 2.05) is 27.7 Å². The molecule has 0 saturated heterocycles. The Balaban J connectivity index is -0.000000122. The normalized spacial score (nSPS) is 10.5. The zero-order chi connectivity index (χ0) is 20.1. The van der Waals surface area contributed by atoms with Crippen LogP contribution in [-0.4, -0.2) is 68.3 Å². The molecule has 0 rings (SSSR count). The van der Waals surface area contributed by atoms with Gasteiger partial charge in [0.15, 0.2) is 0 Å². The fraction of sp³-hybridized carbons (Fsp3) is 0.786. The van der Waals surface area contributed by atoms with Gasteiger partial charge < -0.3 is 25.1 Å². The van der Waals surface area contributed by atoms with Crippen LogP contribution in [0.25, 0.3) is 0 Å². The number of rotatable bonds is 4. The van der Waals surface area contributed by atoms with E-state index in [1.54, 1.807) is 0 Å². The molecule has 0 aliphatic heterocycles. The van der Waals surface area contributed by atoms with E-state index in [1.165, 1.54) is 27.5 Å². The second-order valence-corrected chi connectivity index (χ2v) is 5.16. The summed E-state index contributed by atoms with van der Waals surface area (Å²) in [6.07, 6.45) is -0.259. The number of carbonyl (C=O) groups is 2. The largest absolute Gasteiger partial charge is 0.465 e. The molecule has 146 valence electrons. The predicted molar refractivity (Wildman–Crippen MR) is 96.6 cm³/mol. The molecule has 10 heteroatoms. The lowest BCUT2D eigenvalue weighted by atomic mass is 10.4. The molecule has 0 aliphatic rings. The van der Waals surface area contributed by atoms with Gasteiger partial charge >= 0.3 is 11.9 Å². The van der Waals surface area contributed by atoms with E-state index in [9.17, 15) is 9.59 Å². The fourth-order valence-electron chi connectivity index (χ4n) is 0.460. The average molecular weight is 393 g/mol. The number of carbonyl (C=O) groups excluding carboxylic acids is 2. The first-order chi connectivity index (χ1) is 11.0. The number of esters is 2. The summed E-state index contributed by atoms with van der Waals surface area (Å²) in [6, 6.07) is 0.490. The third kappa shape index (κ3) is 42.9. The molecule has 0 bridgehead atoms. The number of ether oxygens (including phenoxy) is 3. The Kier molecular flexibility index (Phi) is 31.3. The smallest absolute Gasteiger partial charge is 0.362 e. The molecule has 0 spiro atoms. The van der Waals surface area contributed by atoms with Crippen molar-refractivity contribution in [3.05, 3.63) is 0 Å². The Labute approximate surface area is 154 Å². The molecule has 0 radical (unpaired) electrons. The Hall–Kier alpha value is -0.930. The highest BCUT2D eigenvalue weighted by Gasteiger charge is 2.12. The molecule has 8 nitrogen and oxygen atoms in total. The van der Waals surface area contributed by atoms with Crippen molar-refractivity contribution >= 4 is 41.4 Å². The number of hydrogen-bond acceptors (Lipinski definition) is 8. The minimum atomic E-state index is -1.44. The second kappa shape index (κ2) is 24.3. The van der Waals surface area contributed by atoms with Crippen LogP contribution in [0, 0.1) is 0 Å². The van der Waals surface area contributed by atoms with Gasteiger partial charge in [-0.3, -0.25) is 4.99 Å². The van der Waals surface area contributed by atoms with E-state index in [4.69, 9.17) is 34.0 Å². The number of nitrogens with two attached hydrogens (primary N) is 1. The van der Waals surface area contributed by atoms with Gasteiger partial charge in [0.2, 0.25) is 0 Å². The fourth-order valence-corrected chi connectivity index (χ4v) is 0.460. The number of aliphatic hydroxyl groups excluding tert-OH is 1. The predicted octanol–water partition coefficient (Wildman–Crippen LogP) is 1.54. The molecule has 0 aromatic rings. The molecule has 3 N–H and O–H groups in total. The molecular formula is C14H30Cl2N2O6. The summed E-state index contributed by atoms with van der Waals surface area (Å²) >= 11 is 9.53. The molecule has 0 amide bonds. The second-order valence-electron chi connectivity index (χ2n) is 4.35. The average Bonchev–Trinajstić information content (AvgIpc) is 2.51. The summed E-state index contributed by atoms with van der Waals surface area (Å²) in [7, 11) is 3.71. The van der Waals surface area contributed by atoms with E-state index in [0.717, 1.165) is 0 Å². The molecule has 0 aromatic heterocycles. The highest BCUT2D eigenvalue weighted by atomic mass is 35.5. The summed E-state index contributed by atoms with van der Waals surface area (Å²) in [6.45, 7) is 7.67. The summed E-state index contributed by atoms with van der Waals surface area (Å²) in [5.41, 5.74) is 5.11. The molecule has 0 heterocycles. The van der Waals surface area contributed by atoms with Crippen LogP contribution in [-0.2, 0) is 23.8 Å². The van der Waals surface area contributed by atoms with E-state index in [0.29, 0.717) is 6.04 Å². The van der Waals surface area contributed by atoms with Crippen LogP contribution in [0.5, 0.6) is 0 Å². The number of methoxy groups -OCH3 is 3. The quantitative estimate of drug-likeness (QED) is 0.322.